The largest absolute Gasteiger partial charge is 0.340 e. The molecule has 0 bridgehead atoms. The summed E-state index contributed by atoms with van der Waals surface area (Å²) in [5.41, 5.74) is -0.878. The first-order valence-electron chi connectivity index (χ1n) is 7.76. The molecule has 0 aromatic heterocycles. The summed E-state index contributed by atoms with van der Waals surface area (Å²) in [7, 11) is 0. The molecule has 6 nitrogen and oxygen atoms in total. The molecule has 1 saturated carbocycles. The number of carbonyl (C=O) groups excluding carboxylic acids is 3. The molecule has 2 N–H and O–H groups in total. The van der Waals surface area contributed by atoms with Crippen molar-refractivity contribution in [2.45, 2.75) is 51.5 Å². The van der Waals surface area contributed by atoms with Crippen molar-refractivity contribution < 1.29 is 14.4 Å². The van der Waals surface area contributed by atoms with Crippen LogP contribution in [0.15, 0.2) is 0 Å². The van der Waals surface area contributed by atoms with E-state index in [4.69, 9.17) is 0 Å². The lowest BCUT2D eigenvalue weighted by molar-refractivity contribution is -0.142. The van der Waals surface area contributed by atoms with Gasteiger partial charge in [0.25, 0.3) is 5.91 Å². The van der Waals surface area contributed by atoms with Crippen molar-refractivity contribution in [2.75, 3.05) is 13.1 Å². The van der Waals surface area contributed by atoms with Gasteiger partial charge in [0.05, 0.1) is 6.54 Å². The van der Waals surface area contributed by atoms with Crippen LogP contribution in [0.2, 0.25) is 0 Å². The maximum atomic E-state index is 12.8. The first-order valence-corrected chi connectivity index (χ1v) is 7.76. The van der Waals surface area contributed by atoms with Gasteiger partial charge in [-0.15, -0.1) is 0 Å². The molecule has 3 fully saturated rings. The van der Waals surface area contributed by atoms with Crippen LogP contribution in [0, 0.1) is 11.3 Å². The van der Waals surface area contributed by atoms with Crippen LogP contribution in [0.25, 0.3) is 0 Å². The van der Waals surface area contributed by atoms with Crippen molar-refractivity contribution in [1.82, 2.24) is 15.5 Å². The molecule has 1 aliphatic carbocycles. The number of rotatable bonds is 1. The zero-order valence-corrected chi connectivity index (χ0v) is 12.7. The van der Waals surface area contributed by atoms with Crippen molar-refractivity contribution in [1.29, 1.82) is 0 Å². The monoisotopic (exact) mass is 293 g/mol. The molecule has 2 unspecified atom stereocenters. The third-order valence-electron chi connectivity index (χ3n) is 5.37. The molecule has 2 aliphatic heterocycles. The number of likely N-dealkylation sites (tertiary alicyclic amines) is 1. The molecule has 6 heteroatoms. The Hall–Kier alpha value is -1.59. The number of piperidine rings is 1. The fourth-order valence-corrected chi connectivity index (χ4v) is 4.06. The molecule has 0 radical (unpaired) electrons. The molecule has 0 aromatic rings. The third kappa shape index (κ3) is 2.30. The van der Waals surface area contributed by atoms with Crippen molar-refractivity contribution in [2.24, 2.45) is 11.3 Å². The Kier molecular flexibility index (Phi) is 3.22. The standard InChI is InChI=1S/C15H23N3O3/c1-14(2)6-3-5-10(14)11(19)18-8-4-7-15(9-18)12(20)16-13(21)17-15/h10H,3-9H2,1-2H3,(H2,16,17,20,21). The second-order valence-corrected chi connectivity index (χ2v) is 7.29. The molecule has 2 saturated heterocycles. The highest BCUT2D eigenvalue weighted by Crippen LogP contribution is 2.44. The maximum Gasteiger partial charge on any atom is 0.322 e. The number of hydrogen-bond donors (Lipinski definition) is 2. The summed E-state index contributed by atoms with van der Waals surface area (Å²) in [5.74, 6) is -0.117. The summed E-state index contributed by atoms with van der Waals surface area (Å²) >= 11 is 0. The van der Waals surface area contributed by atoms with Gasteiger partial charge in [0.1, 0.15) is 5.54 Å². The molecule has 3 rings (SSSR count). The van der Waals surface area contributed by atoms with Crippen molar-refractivity contribution in [3.63, 3.8) is 0 Å². The smallest absolute Gasteiger partial charge is 0.322 e. The van der Waals surface area contributed by atoms with E-state index in [-0.39, 0.29) is 23.1 Å². The summed E-state index contributed by atoms with van der Waals surface area (Å²) in [6.45, 7) is 5.27. The molecular weight excluding hydrogens is 270 g/mol. The molecule has 2 heterocycles. The van der Waals surface area contributed by atoms with Crippen molar-refractivity contribution in [3.8, 4) is 0 Å². The second kappa shape index (κ2) is 4.71. The maximum absolute atomic E-state index is 12.8. The van der Waals surface area contributed by atoms with Gasteiger partial charge in [-0.3, -0.25) is 14.9 Å². The lowest BCUT2D eigenvalue weighted by atomic mass is 9.80. The van der Waals surface area contributed by atoms with Gasteiger partial charge < -0.3 is 10.2 Å². The van der Waals surface area contributed by atoms with E-state index in [1.807, 2.05) is 0 Å². The average molecular weight is 293 g/mol. The molecule has 0 aromatic carbocycles. The Morgan fingerprint density at radius 1 is 1.24 bits per heavy atom. The zero-order valence-electron chi connectivity index (χ0n) is 12.7. The lowest BCUT2D eigenvalue weighted by Gasteiger charge is -2.40. The Balaban J connectivity index is 1.76. The van der Waals surface area contributed by atoms with E-state index in [0.29, 0.717) is 19.5 Å². The molecule has 21 heavy (non-hydrogen) atoms. The second-order valence-electron chi connectivity index (χ2n) is 7.29. The van der Waals surface area contributed by atoms with Gasteiger partial charge in [0.2, 0.25) is 5.91 Å². The summed E-state index contributed by atoms with van der Waals surface area (Å²) in [6.07, 6.45) is 4.42. The summed E-state index contributed by atoms with van der Waals surface area (Å²) in [4.78, 5) is 38.1. The third-order valence-corrected chi connectivity index (χ3v) is 5.37. The number of amides is 4. The van der Waals surface area contributed by atoms with Gasteiger partial charge in [0, 0.05) is 12.5 Å². The van der Waals surface area contributed by atoms with E-state index in [1.165, 1.54) is 0 Å². The fourth-order valence-electron chi connectivity index (χ4n) is 4.06. The highest BCUT2D eigenvalue weighted by Gasteiger charge is 2.51. The molecule has 4 amide bonds. The highest BCUT2D eigenvalue weighted by molar-refractivity contribution is 6.07. The first-order chi connectivity index (χ1) is 9.84. The summed E-state index contributed by atoms with van der Waals surface area (Å²) in [5, 5.41) is 5.02. The first kappa shape index (κ1) is 14.4. The van der Waals surface area contributed by atoms with E-state index in [9.17, 15) is 14.4 Å². The Bertz CT molecular complexity index is 502. The lowest BCUT2D eigenvalue weighted by Crippen LogP contribution is -2.60. The van der Waals surface area contributed by atoms with Gasteiger partial charge in [-0.05, 0) is 31.1 Å². The number of nitrogens with one attached hydrogen (secondary N) is 2. The molecule has 1 spiro atoms. The van der Waals surface area contributed by atoms with Gasteiger partial charge in [-0.2, -0.15) is 0 Å². The minimum Gasteiger partial charge on any atom is -0.340 e. The molecule has 2 atom stereocenters. The highest BCUT2D eigenvalue weighted by atomic mass is 16.2. The number of urea groups is 1. The van der Waals surface area contributed by atoms with Crippen LogP contribution in [0.3, 0.4) is 0 Å². The number of imide groups is 1. The van der Waals surface area contributed by atoms with Crippen LogP contribution in [0.5, 0.6) is 0 Å². The Labute approximate surface area is 124 Å². The minimum absolute atomic E-state index is 0.0306. The van der Waals surface area contributed by atoms with Gasteiger partial charge in [0.15, 0.2) is 0 Å². The Morgan fingerprint density at radius 2 is 2.00 bits per heavy atom. The topological polar surface area (TPSA) is 78.5 Å². The number of hydrogen-bond acceptors (Lipinski definition) is 3. The number of nitrogens with zero attached hydrogens (tertiary/aromatic N) is 1. The van der Waals surface area contributed by atoms with E-state index < -0.39 is 11.6 Å². The van der Waals surface area contributed by atoms with Crippen molar-refractivity contribution >= 4 is 17.8 Å². The quantitative estimate of drug-likeness (QED) is 0.708. The van der Waals surface area contributed by atoms with E-state index in [0.717, 1.165) is 25.7 Å². The van der Waals surface area contributed by atoms with Gasteiger partial charge >= 0.3 is 6.03 Å². The fraction of sp³-hybridized carbons (Fsp3) is 0.800. The predicted molar refractivity (Wildman–Crippen MR) is 76.3 cm³/mol. The number of carbonyl (C=O) groups is 3. The van der Waals surface area contributed by atoms with Crippen LogP contribution < -0.4 is 10.6 Å². The summed E-state index contributed by atoms with van der Waals surface area (Å²) in [6, 6.07) is -0.449. The molecule has 116 valence electrons. The SMILES string of the molecule is CC1(C)CCCC1C(=O)N1CCCC2(C1)NC(=O)NC2=O. The van der Waals surface area contributed by atoms with Crippen LogP contribution in [0.4, 0.5) is 4.79 Å². The van der Waals surface area contributed by atoms with E-state index in [2.05, 4.69) is 24.5 Å². The minimum atomic E-state index is -0.909. The van der Waals surface area contributed by atoms with Crippen LogP contribution in [0.1, 0.15) is 46.0 Å². The van der Waals surface area contributed by atoms with Crippen LogP contribution >= 0.6 is 0 Å². The predicted octanol–water partition coefficient (Wildman–Crippen LogP) is 1.01. The Morgan fingerprint density at radius 3 is 2.57 bits per heavy atom. The summed E-state index contributed by atoms with van der Waals surface area (Å²) < 4.78 is 0. The normalized spacial score (nSPS) is 35.0. The van der Waals surface area contributed by atoms with E-state index >= 15 is 0 Å². The zero-order chi connectivity index (χ0) is 15.3. The van der Waals surface area contributed by atoms with Crippen molar-refractivity contribution in [3.05, 3.63) is 0 Å². The van der Waals surface area contributed by atoms with Gasteiger partial charge in [-0.25, -0.2) is 4.79 Å². The molecule has 3 aliphatic rings. The van der Waals surface area contributed by atoms with Crippen LogP contribution in [-0.2, 0) is 9.59 Å². The van der Waals surface area contributed by atoms with E-state index in [1.54, 1.807) is 4.90 Å². The van der Waals surface area contributed by atoms with Gasteiger partial charge in [-0.1, -0.05) is 20.3 Å². The average Bonchev–Trinajstić information content (AvgIpc) is 2.89. The van der Waals surface area contributed by atoms with Crippen LogP contribution in [-0.4, -0.2) is 41.4 Å². The molecular formula is C15H23N3O3.